The summed E-state index contributed by atoms with van der Waals surface area (Å²) in [6.45, 7) is 9.72. The van der Waals surface area contributed by atoms with Crippen molar-refractivity contribution in [2.75, 3.05) is 0 Å². The van der Waals surface area contributed by atoms with Crippen molar-refractivity contribution >= 4 is 6.16 Å². The molecule has 0 aromatic rings. The Bertz CT molecular complexity index is 355. The van der Waals surface area contributed by atoms with Gasteiger partial charge in [0.1, 0.15) is 23.0 Å². The second-order valence-electron chi connectivity index (χ2n) is 6.64. The van der Waals surface area contributed by atoms with Crippen LogP contribution < -0.4 is 0 Å². The topological polar surface area (TPSA) is 35.5 Å². The Kier molecular flexibility index (Phi) is 5.19. The highest BCUT2D eigenvalue weighted by molar-refractivity contribution is 5.61. The van der Waals surface area contributed by atoms with Gasteiger partial charge in [-0.1, -0.05) is 0 Å². The minimum absolute atomic E-state index is 0.995. The minimum atomic E-state index is -2.40. The van der Waals surface area contributed by atoms with E-state index in [9.17, 15) is 18.0 Å². The number of carbonyl (C=O) groups is 1. The number of hydrogen-bond acceptors (Lipinski definition) is 3. The van der Waals surface area contributed by atoms with Gasteiger partial charge in [-0.25, -0.2) is 18.0 Å². The lowest BCUT2D eigenvalue weighted by Gasteiger charge is -2.39. The van der Waals surface area contributed by atoms with E-state index < -0.39 is 34.9 Å². The third-order valence-corrected chi connectivity index (χ3v) is 4.03. The monoisotopic (exact) mass is 298 g/mol. The highest BCUT2D eigenvalue weighted by atomic mass is 19.2. The summed E-state index contributed by atoms with van der Waals surface area (Å²) in [6, 6.07) is 0. The Morgan fingerprint density at radius 2 is 1.25 bits per heavy atom. The summed E-state index contributed by atoms with van der Waals surface area (Å²) in [6.07, 6.45) is -3.09. The van der Waals surface area contributed by atoms with Crippen LogP contribution in [0.5, 0.6) is 0 Å². The van der Waals surface area contributed by atoms with E-state index in [-0.39, 0.29) is 0 Å². The molecule has 120 valence electrons. The molecule has 0 aromatic carbocycles. The Hall–Kier alpha value is -0.940. The maximum atomic E-state index is 14.2. The van der Waals surface area contributed by atoms with Gasteiger partial charge >= 0.3 is 6.16 Å². The van der Waals surface area contributed by atoms with Crippen LogP contribution in [-0.4, -0.2) is 34.9 Å². The number of alkyl halides is 3. The van der Waals surface area contributed by atoms with Crippen molar-refractivity contribution in [2.24, 2.45) is 0 Å². The molecule has 2 unspecified atom stereocenters. The second-order valence-corrected chi connectivity index (χ2v) is 6.64. The molecule has 0 spiro atoms. The zero-order valence-electron chi connectivity index (χ0n) is 13.4. The van der Waals surface area contributed by atoms with Gasteiger partial charge in [-0.3, -0.25) is 0 Å². The summed E-state index contributed by atoms with van der Waals surface area (Å²) in [4.78, 5) is 11.7. The van der Waals surface area contributed by atoms with E-state index in [1.807, 2.05) is 0 Å². The van der Waals surface area contributed by atoms with Gasteiger partial charge in [0.15, 0.2) is 5.67 Å². The molecule has 0 N–H and O–H groups in total. The Balaban J connectivity index is 4.95. The number of carbonyl (C=O) groups excluding carboxylic acids is 1. The Morgan fingerprint density at radius 1 is 0.900 bits per heavy atom. The summed E-state index contributed by atoms with van der Waals surface area (Å²) in [5, 5.41) is 0. The van der Waals surface area contributed by atoms with Gasteiger partial charge in [-0.2, -0.15) is 0 Å². The first-order valence-corrected chi connectivity index (χ1v) is 6.48. The first kappa shape index (κ1) is 19.1. The van der Waals surface area contributed by atoms with Gasteiger partial charge in [0.2, 0.25) is 0 Å². The molecule has 0 aliphatic heterocycles. The van der Waals surface area contributed by atoms with Gasteiger partial charge < -0.3 is 9.47 Å². The first-order valence-electron chi connectivity index (χ1n) is 6.48. The summed E-state index contributed by atoms with van der Waals surface area (Å²) >= 11 is 0. The lowest BCUT2D eigenvalue weighted by Crippen LogP contribution is -2.54. The quantitative estimate of drug-likeness (QED) is 0.699. The van der Waals surface area contributed by atoms with E-state index in [1.54, 1.807) is 0 Å². The molecule has 0 aliphatic rings. The average Bonchev–Trinajstić information content (AvgIpc) is 2.12. The molecular formula is C14H25F3O3. The molecule has 0 fully saturated rings. The molecule has 0 aromatic heterocycles. The predicted octanol–water partition coefficient (Wildman–Crippen LogP) is 4.53. The number of rotatable bonds is 5. The summed E-state index contributed by atoms with van der Waals surface area (Å²) in [5.41, 5.74) is -7.44. The molecule has 0 amide bonds. The molecule has 20 heavy (non-hydrogen) atoms. The lowest BCUT2D eigenvalue weighted by atomic mass is 9.86. The highest BCUT2D eigenvalue weighted by Crippen LogP contribution is 2.36. The van der Waals surface area contributed by atoms with Crippen LogP contribution in [-0.2, 0) is 9.47 Å². The molecule has 0 saturated heterocycles. The average molecular weight is 298 g/mol. The third kappa shape index (κ3) is 4.03. The Morgan fingerprint density at radius 3 is 1.55 bits per heavy atom. The van der Waals surface area contributed by atoms with Crippen molar-refractivity contribution in [2.45, 2.75) is 84.1 Å². The maximum Gasteiger partial charge on any atom is 0.509 e. The third-order valence-electron chi connectivity index (χ3n) is 4.03. The van der Waals surface area contributed by atoms with Crippen LogP contribution in [0.25, 0.3) is 0 Å². The molecule has 3 nitrogen and oxygen atoms in total. The molecule has 6 heteroatoms. The van der Waals surface area contributed by atoms with Crippen molar-refractivity contribution in [1.29, 1.82) is 0 Å². The number of hydrogen-bond donors (Lipinski definition) is 0. The van der Waals surface area contributed by atoms with Crippen molar-refractivity contribution in [3.63, 3.8) is 0 Å². The van der Waals surface area contributed by atoms with Crippen molar-refractivity contribution < 1.29 is 27.4 Å². The summed E-state index contributed by atoms with van der Waals surface area (Å²) < 4.78 is 51.1. The van der Waals surface area contributed by atoms with E-state index in [4.69, 9.17) is 9.47 Å². The Labute approximate surface area is 118 Å². The van der Waals surface area contributed by atoms with Crippen molar-refractivity contribution in [1.82, 2.24) is 0 Å². The summed E-state index contributed by atoms with van der Waals surface area (Å²) in [5.74, 6) is 0. The van der Waals surface area contributed by atoms with Crippen LogP contribution in [0.4, 0.5) is 18.0 Å². The fourth-order valence-corrected chi connectivity index (χ4v) is 1.14. The molecule has 0 radical (unpaired) electrons. The van der Waals surface area contributed by atoms with Crippen molar-refractivity contribution in [3.8, 4) is 0 Å². The van der Waals surface area contributed by atoms with Crippen LogP contribution >= 0.6 is 0 Å². The minimum Gasteiger partial charge on any atom is -0.425 e. The number of halogens is 3. The number of ether oxygens (including phenoxy) is 2. The zero-order chi connectivity index (χ0) is 16.6. The molecule has 2 atom stereocenters. The van der Waals surface area contributed by atoms with Gasteiger partial charge in [-0.15, -0.1) is 0 Å². The van der Waals surface area contributed by atoms with E-state index in [1.165, 1.54) is 41.5 Å². The molecule has 0 rings (SSSR count). The highest BCUT2D eigenvalue weighted by Gasteiger charge is 2.51. The standard InChI is InChI=1S/C14H25F3O3/c1-9(15)14(8,17)13(6,7)20-10(18)19-12(4,5)11(2,3)16/h9H,1-8H3. The van der Waals surface area contributed by atoms with Crippen LogP contribution in [0.1, 0.15) is 55.4 Å². The van der Waals surface area contributed by atoms with Gasteiger partial charge in [0, 0.05) is 0 Å². The smallest absolute Gasteiger partial charge is 0.425 e. The van der Waals surface area contributed by atoms with Gasteiger partial charge in [0.25, 0.3) is 0 Å². The molecular weight excluding hydrogens is 273 g/mol. The fraction of sp³-hybridized carbons (Fsp3) is 0.929. The van der Waals surface area contributed by atoms with Crippen LogP contribution in [0.15, 0.2) is 0 Å². The maximum absolute atomic E-state index is 14.2. The molecule has 0 aliphatic carbocycles. The molecule has 0 saturated carbocycles. The van der Waals surface area contributed by atoms with Crippen molar-refractivity contribution in [3.05, 3.63) is 0 Å². The predicted molar refractivity (Wildman–Crippen MR) is 71.0 cm³/mol. The fourth-order valence-electron chi connectivity index (χ4n) is 1.14. The van der Waals surface area contributed by atoms with Gasteiger partial charge in [0.05, 0.1) is 0 Å². The second kappa shape index (κ2) is 5.45. The largest absolute Gasteiger partial charge is 0.509 e. The van der Waals surface area contributed by atoms with Crippen LogP contribution in [0, 0.1) is 0 Å². The van der Waals surface area contributed by atoms with Crippen LogP contribution in [0.3, 0.4) is 0 Å². The summed E-state index contributed by atoms with van der Waals surface area (Å²) in [7, 11) is 0. The van der Waals surface area contributed by atoms with E-state index in [0.29, 0.717) is 0 Å². The SMILES string of the molecule is CC(F)C(C)(F)C(C)(C)OC(=O)OC(C)(C)C(C)(C)F. The molecule has 0 bridgehead atoms. The normalized spacial score (nSPS) is 18.1. The van der Waals surface area contributed by atoms with Gasteiger partial charge in [-0.05, 0) is 55.4 Å². The van der Waals surface area contributed by atoms with E-state index in [0.717, 1.165) is 13.8 Å². The van der Waals surface area contributed by atoms with E-state index in [2.05, 4.69) is 0 Å². The first-order chi connectivity index (χ1) is 8.54. The lowest BCUT2D eigenvalue weighted by molar-refractivity contribution is -0.151. The van der Waals surface area contributed by atoms with Crippen LogP contribution in [0.2, 0.25) is 0 Å². The van der Waals surface area contributed by atoms with E-state index >= 15 is 0 Å². The zero-order valence-corrected chi connectivity index (χ0v) is 13.4. The molecule has 0 heterocycles.